The van der Waals surface area contributed by atoms with E-state index in [1.807, 2.05) is 12.1 Å². The number of hydrogen-bond donors (Lipinski definition) is 2. The molecule has 3 amide bonds. The molecular formula is C18H22N4O4. The number of amides is 3. The number of nitrogens with zero attached hydrogens (tertiary/aromatic N) is 2. The van der Waals surface area contributed by atoms with E-state index in [-0.39, 0.29) is 18.2 Å². The zero-order valence-electron chi connectivity index (χ0n) is 14.7. The smallest absolute Gasteiger partial charge is 0.255 e. The molecule has 138 valence electrons. The first kappa shape index (κ1) is 16.8. The van der Waals surface area contributed by atoms with E-state index >= 15 is 0 Å². The largest absolute Gasteiger partial charge is 0.494 e. The summed E-state index contributed by atoms with van der Waals surface area (Å²) in [6.07, 6.45) is 0.608. The molecule has 2 saturated heterocycles. The number of carbonyl (C=O) groups is 3. The lowest BCUT2D eigenvalue weighted by molar-refractivity contribution is -0.136. The fourth-order valence-electron chi connectivity index (χ4n) is 3.98. The second-order valence-corrected chi connectivity index (χ2v) is 6.78. The molecule has 2 N–H and O–H groups in total. The number of ether oxygens (including phenoxy) is 1. The third-order valence-electron chi connectivity index (χ3n) is 5.31. The van der Waals surface area contributed by atoms with Gasteiger partial charge in [-0.05, 0) is 18.6 Å². The van der Waals surface area contributed by atoms with Gasteiger partial charge in [0.25, 0.3) is 5.91 Å². The van der Waals surface area contributed by atoms with Gasteiger partial charge < -0.3 is 19.9 Å². The van der Waals surface area contributed by atoms with Crippen molar-refractivity contribution in [3.05, 3.63) is 23.3 Å². The monoisotopic (exact) mass is 358 g/mol. The van der Waals surface area contributed by atoms with Crippen LogP contribution < -0.4 is 20.3 Å². The van der Waals surface area contributed by atoms with Crippen molar-refractivity contribution in [1.29, 1.82) is 0 Å². The summed E-state index contributed by atoms with van der Waals surface area (Å²) < 4.78 is 5.67. The molecule has 0 bridgehead atoms. The van der Waals surface area contributed by atoms with Crippen molar-refractivity contribution < 1.29 is 19.1 Å². The van der Waals surface area contributed by atoms with Gasteiger partial charge in [-0.3, -0.25) is 19.7 Å². The van der Waals surface area contributed by atoms with Crippen molar-refractivity contribution in [3.63, 3.8) is 0 Å². The number of carbonyl (C=O) groups excluding carboxylic acids is 3. The molecule has 3 heterocycles. The third-order valence-corrected chi connectivity index (χ3v) is 5.31. The second kappa shape index (κ2) is 6.60. The molecule has 0 aromatic heterocycles. The highest BCUT2D eigenvalue weighted by Crippen LogP contribution is 2.40. The van der Waals surface area contributed by atoms with E-state index < -0.39 is 11.9 Å². The van der Waals surface area contributed by atoms with Crippen LogP contribution in [0.5, 0.6) is 5.75 Å². The fourth-order valence-corrected chi connectivity index (χ4v) is 3.98. The van der Waals surface area contributed by atoms with E-state index in [1.165, 1.54) is 0 Å². The Morgan fingerprint density at radius 3 is 2.62 bits per heavy atom. The van der Waals surface area contributed by atoms with Crippen LogP contribution in [0.3, 0.4) is 0 Å². The normalized spacial score (nSPS) is 23.1. The number of piperidine rings is 1. The molecule has 8 heteroatoms. The number of piperazine rings is 1. The van der Waals surface area contributed by atoms with Crippen LogP contribution in [-0.4, -0.2) is 62.0 Å². The molecule has 3 aliphatic rings. The summed E-state index contributed by atoms with van der Waals surface area (Å²) in [4.78, 5) is 40.2. The third kappa shape index (κ3) is 2.70. The molecule has 0 aliphatic carbocycles. The van der Waals surface area contributed by atoms with Gasteiger partial charge in [-0.15, -0.1) is 0 Å². The summed E-state index contributed by atoms with van der Waals surface area (Å²) >= 11 is 0. The summed E-state index contributed by atoms with van der Waals surface area (Å²) in [5, 5.41) is 5.65. The lowest BCUT2D eigenvalue weighted by Gasteiger charge is -2.31. The Morgan fingerprint density at radius 1 is 1.15 bits per heavy atom. The summed E-state index contributed by atoms with van der Waals surface area (Å²) in [6.45, 7) is 3.88. The van der Waals surface area contributed by atoms with Gasteiger partial charge in [0, 0.05) is 43.7 Å². The maximum atomic E-state index is 12.9. The van der Waals surface area contributed by atoms with Crippen molar-refractivity contribution in [1.82, 2.24) is 15.5 Å². The minimum atomic E-state index is -0.611. The fraction of sp³-hybridized carbons (Fsp3) is 0.500. The van der Waals surface area contributed by atoms with Crippen LogP contribution in [0.2, 0.25) is 0 Å². The van der Waals surface area contributed by atoms with Crippen molar-refractivity contribution in [3.8, 4) is 5.75 Å². The van der Waals surface area contributed by atoms with Crippen molar-refractivity contribution in [2.75, 3.05) is 38.2 Å². The predicted octanol–water partition coefficient (Wildman–Crippen LogP) is -0.134. The molecule has 3 aliphatic heterocycles. The molecule has 4 rings (SSSR count). The van der Waals surface area contributed by atoms with Gasteiger partial charge in [0.1, 0.15) is 11.8 Å². The molecule has 1 unspecified atom stereocenters. The Balaban J connectivity index is 1.65. The average molecular weight is 358 g/mol. The highest BCUT2D eigenvalue weighted by molar-refractivity contribution is 6.06. The van der Waals surface area contributed by atoms with Crippen LogP contribution in [0.1, 0.15) is 28.8 Å². The Labute approximate surface area is 151 Å². The van der Waals surface area contributed by atoms with Crippen LogP contribution in [0.15, 0.2) is 12.1 Å². The van der Waals surface area contributed by atoms with Crippen molar-refractivity contribution >= 4 is 23.4 Å². The Hall–Kier alpha value is -2.61. The van der Waals surface area contributed by atoms with Crippen LogP contribution in [0.25, 0.3) is 0 Å². The summed E-state index contributed by atoms with van der Waals surface area (Å²) in [5.74, 6) is -0.162. The van der Waals surface area contributed by atoms with E-state index in [0.717, 1.165) is 37.4 Å². The maximum Gasteiger partial charge on any atom is 0.255 e. The van der Waals surface area contributed by atoms with Gasteiger partial charge in [-0.25, -0.2) is 0 Å². The molecular weight excluding hydrogens is 336 g/mol. The van der Waals surface area contributed by atoms with E-state index in [4.69, 9.17) is 4.74 Å². The van der Waals surface area contributed by atoms with Gasteiger partial charge in [0.15, 0.2) is 0 Å². The lowest BCUT2D eigenvalue weighted by atomic mass is 10.0. The van der Waals surface area contributed by atoms with Crippen LogP contribution >= 0.6 is 0 Å². The zero-order chi connectivity index (χ0) is 18.3. The number of nitrogens with one attached hydrogen (secondary N) is 2. The predicted molar refractivity (Wildman–Crippen MR) is 94.1 cm³/mol. The van der Waals surface area contributed by atoms with Crippen molar-refractivity contribution in [2.45, 2.75) is 25.4 Å². The number of hydrogen-bond acceptors (Lipinski definition) is 6. The number of imide groups is 1. The first-order valence-electron chi connectivity index (χ1n) is 8.90. The summed E-state index contributed by atoms with van der Waals surface area (Å²) in [5.41, 5.74) is 2.37. The number of anilines is 1. The quantitative estimate of drug-likeness (QED) is 0.732. The first-order chi connectivity index (χ1) is 12.6. The average Bonchev–Trinajstić information content (AvgIpc) is 2.98. The molecule has 2 fully saturated rings. The van der Waals surface area contributed by atoms with Gasteiger partial charge in [-0.2, -0.15) is 0 Å². The molecule has 26 heavy (non-hydrogen) atoms. The second-order valence-electron chi connectivity index (χ2n) is 6.78. The number of methoxy groups -OCH3 is 1. The van der Waals surface area contributed by atoms with E-state index in [2.05, 4.69) is 15.5 Å². The lowest BCUT2D eigenvalue weighted by Crippen LogP contribution is -2.52. The molecule has 0 radical (unpaired) electrons. The Kier molecular flexibility index (Phi) is 4.28. The van der Waals surface area contributed by atoms with Gasteiger partial charge in [0.2, 0.25) is 11.8 Å². The Bertz CT molecular complexity index is 773. The number of fused-ring (bicyclic) bond motifs is 1. The van der Waals surface area contributed by atoms with E-state index in [0.29, 0.717) is 24.3 Å². The Morgan fingerprint density at radius 2 is 1.92 bits per heavy atom. The molecule has 1 aromatic carbocycles. The molecule has 1 atom stereocenters. The minimum absolute atomic E-state index is 0.181. The molecule has 0 spiro atoms. The zero-order valence-corrected chi connectivity index (χ0v) is 14.7. The molecule has 1 aromatic rings. The van der Waals surface area contributed by atoms with Gasteiger partial charge in [0.05, 0.1) is 19.3 Å². The van der Waals surface area contributed by atoms with E-state index in [9.17, 15) is 14.4 Å². The van der Waals surface area contributed by atoms with Crippen LogP contribution in [-0.2, 0) is 16.1 Å². The topological polar surface area (TPSA) is 91.0 Å². The van der Waals surface area contributed by atoms with Crippen LogP contribution in [0, 0.1) is 0 Å². The van der Waals surface area contributed by atoms with Gasteiger partial charge >= 0.3 is 0 Å². The molecule has 8 nitrogen and oxygen atoms in total. The summed E-state index contributed by atoms with van der Waals surface area (Å²) in [6, 6.07) is 3.14. The number of benzene rings is 1. The van der Waals surface area contributed by atoms with Crippen LogP contribution in [0.4, 0.5) is 5.69 Å². The highest BCUT2D eigenvalue weighted by Gasteiger charge is 2.40. The highest BCUT2D eigenvalue weighted by atomic mass is 16.5. The maximum absolute atomic E-state index is 12.9. The number of rotatable bonds is 3. The van der Waals surface area contributed by atoms with Crippen molar-refractivity contribution in [2.24, 2.45) is 0 Å². The standard InChI is InChI=1S/C18H22N4O4/c1-26-16-12-10-22(14-4-5-15(23)20-17(14)24)18(25)11(12)2-3-13(16)21-8-6-19-7-9-21/h2-3,14,19H,4-10H2,1H3,(H,20,23,24). The van der Waals surface area contributed by atoms with E-state index in [1.54, 1.807) is 12.0 Å². The molecule has 0 saturated carbocycles. The van der Waals surface area contributed by atoms with Gasteiger partial charge in [-0.1, -0.05) is 0 Å². The first-order valence-corrected chi connectivity index (χ1v) is 8.90. The SMILES string of the molecule is COc1c(N2CCNCC2)ccc2c1CN(C1CCC(=O)NC1=O)C2=O. The minimum Gasteiger partial charge on any atom is -0.494 e. The summed E-state index contributed by atoms with van der Waals surface area (Å²) in [7, 11) is 1.61.